The Hall–Kier alpha value is -0.330. The maximum Gasteiger partial charge on any atom is 0.244 e. The van der Waals surface area contributed by atoms with Gasteiger partial charge in [-0.15, -0.1) is 0 Å². The fourth-order valence-electron chi connectivity index (χ4n) is 2.67. The van der Waals surface area contributed by atoms with E-state index in [1.807, 2.05) is 6.92 Å². The van der Waals surface area contributed by atoms with Crippen LogP contribution >= 0.6 is 23.2 Å². The number of hydrogen-bond acceptors (Lipinski definition) is 3. The molecule has 2 rings (SSSR count). The van der Waals surface area contributed by atoms with E-state index < -0.39 is 10.0 Å². The number of nitrogens with two attached hydrogens (primary N) is 1. The Bertz CT molecular complexity index is 634. The van der Waals surface area contributed by atoms with Gasteiger partial charge in [0.25, 0.3) is 0 Å². The molecular weight excluding hydrogens is 331 g/mol. The molecule has 2 atom stereocenters. The molecule has 2 unspecified atom stereocenters. The van der Waals surface area contributed by atoms with Gasteiger partial charge in [-0.25, -0.2) is 8.42 Å². The van der Waals surface area contributed by atoms with Crippen LogP contribution in [-0.4, -0.2) is 25.3 Å². The minimum Gasteiger partial charge on any atom is -0.326 e. The number of rotatable bonds is 3. The van der Waals surface area contributed by atoms with Crippen LogP contribution in [0.25, 0.3) is 0 Å². The van der Waals surface area contributed by atoms with Crippen molar-refractivity contribution >= 4 is 33.2 Å². The highest BCUT2D eigenvalue weighted by atomic mass is 35.5. The largest absolute Gasteiger partial charge is 0.326 e. The van der Waals surface area contributed by atoms with Crippen molar-refractivity contribution in [3.05, 3.63) is 27.7 Å². The predicted molar refractivity (Wildman–Crippen MR) is 86.1 cm³/mol. The topological polar surface area (TPSA) is 63.4 Å². The average Bonchev–Trinajstić information content (AvgIpc) is 2.41. The SMILES string of the molecule is CC1CCC(C)N(S(=O)(=O)c2ccc(Cl)c(CN)c2Cl)C1. The Balaban J connectivity index is 2.49. The van der Waals surface area contributed by atoms with Gasteiger partial charge in [0, 0.05) is 29.7 Å². The normalized spacial score (nSPS) is 24.2. The lowest BCUT2D eigenvalue weighted by molar-refractivity contribution is 0.218. The molecule has 1 aromatic carbocycles. The highest BCUT2D eigenvalue weighted by Gasteiger charge is 2.35. The van der Waals surface area contributed by atoms with Gasteiger partial charge >= 0.3 is 0 Å². The Morgan fingerprint density at radius 2 is 1.95 bits per heavy atom. The van der Waals surface area contributed by atoms with Gasteiger partial charge in [-0.3, -0.25) is 0 Å². The second-order valence-corrected chi connectivity index (χ2v) is 8.29. The number of nitrogens with zero attached hydrogens (tertiary/aromatic N) is 1. The van der Waals surface area contributed by atoms with Gasteiger partial charge in [0.1, 0.15) is 4.90 Å². The first-order valence-electron chi connectivity index (χ1n) is 6.97. The van der Waals surface area contributed by atoms with Crippen LogP contribution in [0.5, 0.6) is 0 Å². The van der Waals surface area contributed by atoms with E-state index in [0.29, 0.717) is 23.0 Å². The molecular formula is C14H20Cl2N2O2S. The molecule has 118 valence electrons. The van der Waals surface area contributed by atoms with Crippen LogP contribution in [0, 0.1) is 5.92 Å². The molecule has 0 bridgehead atoms. The highest BCUT2D eigenvalue weighted by molar-refractivity contribution is 7.89. The number of piperidine rings is 1. The van der Waals surface area contributed by atoms with Crippen molar-refractivity contribution in [2.75, 3.05) is 6.54 Å². The molecule has 0 amide bonds. The third-order valence-corrected chi connectivity index (χ3v) is 6.92. The molecule has 1 aliphatic rings. The molecule has 1 heterocycles. The van der Waals surface area contributed by atoms with Crippen LogP contribution < -0.4 is 5.73 Å². The minimum absolute atomic E-state index is 0.0285. The second-order valence-electron chi connectivity index (χ2n) is 5.65. The number of sulfonamides is 1. The highest BCUT2D eigenvalue weighted by Crippen LogP contribution is 2.35. The molecule has 1 aliphatic heterocycles. The molecule has 0 radical (unpaired) electrons. The third kappa shape index (κ3) is 3.22. The number of halogens is 2. The van der Waals surface area contributed by atoms with Gasteiger partial charge in [-0.05, 0) is 37.8 Å². The molecule has 1 fully saturated rings. The molecule has 21 heavy (non-hydrogen) atoms. The third-order valence-electron chi connectivity index (χ3n) is 4.00. The van der Waals surface area contributed by atoms with Crippen LogP contribution in [0.3, 0.4) is 0 Å². The van der Waals surface area contributed by atoms with Crippen molar-refractivity contribution in [1.29, 1.82) is 0 Å². The predicted octanol–water partition coefficient (Wildman–Crippen LogP) is 3.26. The second kappa shape index (κ2) is 6.42. The first kappa shape index (κ1) is 17.0. The standard InChI is InChI=1S/C14H20Cl2N2O2S/c1-9-3-4-10(2)18(8-9)21(19,20)13-6-5-12(15)11(7-17)14(13)16/h5-6,9-10H,3-4,7-8,17H2,1-2H3. The summed E-state index contributed by atoms with van der Waals surface area (Å²) in [5.74, 6) is 0.344. The Labute approximate surface area is 136 Å². The van der Waals surface area contributed by atoms with Crippen LogP contribution in [-0.2, 0) is 16.6 Å². The van der Waals surface area contributed by atoms with Gasteiger partial charge in [-0.2, -0.15) is 4.31 Å². The van der Waals surface area contributed by atoms with Gasteiger partial charge in [0.15, 0.2) is 0 Å². The monoisotopic (exact) mass is 350 g/mol. The van der Waals surface area contributed by atoms with E-state index in [4.69, 9.17) is 28.9 Å². The first-order valence-corrected chi connectivity index (χ1v) is 9.17. The summed E-state index contributed by atoms with van der Waals surface area (Å²) in [5.41, 5.74) is 6.08. The summed E-state index contributed by atoms with van der Waals surface area (Å²) in [6.45, 7) is 4.60. The van der Waals surface area contributed by atoms with Crippen molar-refractivity contribution < 1.29 is 8.42 Å². The molecule has 0 aliphatic carbocycles. The van der Waals surface area contributed by atoms with Crippen LogP contribution in [0.1, 0.15) is 32.3 Å². The van der Waals surface area contributed by atoms with Crippen molar-refractivity contribution in [3.63, 3.8) is 0 Å². The smallest absolute Gasteiger partial charge is 0.244 e. The Morgan fingerprint density at radius 3 is 2.57 bits per heavy atom. The van der Waals surface area contributed by atoms with Crippen molar-refractivity contribution in [3.8, 4) is 0 Å². The first-order chi connectivity index (χ1) is 9.78. The molecule has 1 saturated heterocycles. The van der Waals surface area contributed by atoms with Crippen LogP contribution in [0.2, 0.25) is 10.0 Å². The van der Waals surface area contributed by atoms with Gasteiger partial charge < -0.3 is 5.73 Å². The van der Waals surface area contributed by atoms with Crippen LogP contribution in [0.4, 0.5) is 0 Å². The quantitative estimate of drug-likeness (QED) is 0.909. The van der Waals surface area contributed by atoms with E-state index >= 15 is 0 Å². The summed E-state index contributed by atoms with van der Waals surface area (Å²) < 4.78 is 27.3. The summed E-state index contributed by atoms with van der Waals surface area (Å²) in [4.78, 5) is 0.0926. The molecule has 4 nitrogen and oxygen atoms in total. The van der Waals surface area contributed by atoms with Gasteiger partial charge in [0.05, 0.1) is 5.02 Å². The molecule has 1 aromatic rings. The summed E-state index contributed by atoms with van der Waals surface area (Å²) in [7, 11) is -3.64. The van der Waals surface area contributed by atoms with Crippen molar-refractivity contribution in [1.82, 2.24) is 4.31 Å². The van der Waals surface area contributed by atoms with E-state index in [2.05, 4.69) is 6.92 Å². The molecule has 0 spiro atoms. The zero-order chi connectivity index (χ0) is 15.8. The Kier molecular flexibility index (Phi) is 5.21. The number of hydrogen-bond donors (Lipinski definition) is 1. The Morgan fingerprint density at radius 1 is 1.29 bits per heavy atom. The zero-order valence-electron chi connectivity index (χ0n) is 12.1. The van der Waals surface area contributed by atoms with E-state index in [9.17, 15) is 8.42 Å². The van der Waals surface area contributed by atoms with E-state index in [1.54, 1.807) is 6.07 Å². The van der Waals surface area contributed by atoms with E-state index in [-0.39, 0.29) is 22.5 Å². The summed E-state index contributed by atoms with van der Waals surface area (Å²) in [6, 6.07) is 2.98. The maximum atomic E-state index is 12.9. The molecule has 0 aromatic heterocycles. The van der Waals surface area contributed by atoms with E-state index in [1.165, 1.54) is 10.4 Å². The minimum atomic E-state index is -3.64. The lowest BCUT2D eigenvalue weighted by Gasteiger charge is -2.36. The van der Waals surface area contributed by atoms with Gasteiger partial charge in [0.2, 0.25) is 10.0 Å². The van der Waals surface area contributed by atoms with Crippen LogP contribution in [0.15, 0.2) is 17.0 Å². The lowest BCUT2D eigenvalue weighted by Crippen LogP contribution is -2.44. The zero-order valence-corrected chi connectivity index (χ0v) is 14.5. The summed E-state index contributed by atoms with van der Waals surface area (Å²) in [6.07, 6.45) is 1.89. The van der Waals surface area contributed by atoms with Crippen molar-refractivity contribution in [2.24, 2.45) is 11.7 Å². The maximum absolute atomic E-state index is 12.9. The molecule has 0 saturated carbocycles. The number of benzene rings is 1. The molecule has 2 N–H and O–H groups in total. The fraction of sp³-hybridized carbons (Fsp3) is 0.571. The fourth-order valence-corrected chi connectivity index (χ4v) is 5.36. The van der Waals surface area contributed by atoms with Gasteiger partial charge in [-0.1, -0.05) is 30.1 Å². The molecule has 7 heteroatoms. The lowest BCUT2D eigenvalue weighted by atomic mass is 9.97. The van der Waals surface area contributed by atoms with Crippen molar-refractivity contribution in [2.45, 2.75) is 44.2 Å². The average molecular weight is 351 g/mol. The summed E-state index contributed by atoms with van der Waals surface area (Å²) >= 11 is 12.2. The van der Waals surface area contributed by atoms with E-state index in [0.717, 1.165) is 12.8 Å². The summed E-state index contributed by atoms with van der Waals surface area (Å²) in [5, 5.41) is 0.525.